The summed E-state index contributed by atoms with van der Waals surface area (Å²) >= 11 is 0. The zero-order valence-corrected chi connectivity index (χ0v) is 14.5. The van der Waals surface area contributed by atoms with E-state index in [1.54, 1.807) is 24.3 Å². The van der Waals surface area contributed by atoms with Gasteiger partial charge in [-0.1, -0.05) is 24.3 Å². The van der Waals surface area contributed by atoms with Gasteiger partial charge in [-0.25, -0.2) is 9.59 Å². The zero-order valence-electron chi connectivity index (χ0n) is 14.5. The summed E-state index contributed by atoms with van der Waals surface area (Å²) in [6.07, 6.45) is 1.97. The SMILES string of the molecule is COC(=O)c1ccc(NC(=O)N2CCC[C@@H]2c2ccccc2C)cc1. The molecule has 0 saturated carbocycles. The van der Waals surface area contributed by atoms with Crippen molar-refractivity contribution in [3.8, 4) is 0 Å². The fourth-order valence-corrected chi connectivity index (χ4v) is 3.30. The molecular weight excluding hydrogens is 316 g/mol. The van der Waals surface area contributed by atoms with E-state index in [2.05, 4.69) is 29.1 Å². The van der Waals surface area contributed by atoms with Crippen LogP contribution < -0.4 is 5.32 Å². The van der Waals surface area contributed by atoms with Crippen LogP contribution >= 0.6 is 0 Å². The first-order valence-corrected chi connectivity index (χ1v) is 8.41. The van der Waals surface area contributed by atoms with E-state index in [0.29, 0.717) is 11.3 Å². The number of hydrogen-bond donors (Lipinski definition) is 1. The molecule has 0 spiro atoms. The van der Waals surface area contributed by atoms with E-state index in [9.17, 15) is 9.59 Å². The number of amides is 2. The first-order valence-electron chi connectivity index (χ1n) is 8.41. The van der Waals surface area contributed by atoms with Crippen molar-refractivity contribution in [3.63, 3.8) is 0 Å². The second kappa shape index (κ2) is 7.38. The smallest absolute Gasteiger partial charge is 0.337 e. The first-order chi connectivity index (χ1) is 12.1. The lowest BCUT2D eigenvalue weighted by atomic mass is 9.99. The molecule has 1 saturated heterocycles. The highest BCUT2D eigenvalue weighted by Crippen LogP contribution is 2.34. The number of anilines is 1. The summed E-state index contributed by atoms with van der Waals surface area (Å²) in [5.74, 6) is -0.392. The molecule has 1 N–H and O–H groups in total. The quantitative estimate of drug-likeness (QED) is 0.855. The second-order valence-corrected chi connectivity index (χ2v) is 6.21. The van der Waals surface area contributed by atoms with Gasteiger partial charge in [0, 0.05) is 12.2 Å². The number of likely N-dealkylation sites (tertiary alicyclic amines) is 1. The third-order valence-electron chi connectivity index (χ3n) is 4.62. The molecule has 0 unspecified atom stereocenters. The molecule has 0 radical (unpaired) electrons. The summed E-state index contributed by atoms with van der Waals surface area (Å²) < 4.78 is 4.68. The highest BCUT2D eigenvalue weighted by molar-refractivity contribution is 5.92. The number of benzene rings is 2. The molecule has 3 rings (SSSR count). The van der Waals surface area contributed by atoms with Gasteiger partial charge in [-0.15, -0.1) is 0 Å². The van der Waals surface area contributed by atoms with E-state index in [1.165, 1.54) is 18.2 Å². The maximum absolute atomic E-state index is 12.7. The predicted octanol–water partition coefficient (Wildman–Crippen LogP) is 4.15. The average Bonchev–Trinajstić information content (AvgIpc) is 3.11. The molecular formula is C20H22N2O3. The van der Waals surface area contributed by atoms with E-state index in [1.807, 2.05) is 17.0 Å². The van der Waals surface area contributed by atoms with Crippen molar-refractivity contribution >= 4 is 17.7 Å². The molecule has 5 heteroatoms. The Bertz CT molecular complexity index is 771. The minimum atomic E-state index is -0.392. The molecule has 1 aliphatic rings. The fraction of sp³-hybridized carbons (Fsp3) is 0.300. The van der Waals surface area contributed by atoms with Crippen molar-refractivity contribution in [2.45, 2.75) is 25.8 Å². The lowest BCUT2D eigenvalue weighted by Gasteiger charge is -2.26. The number of aryl methyl sites for hydroxylation is 1. The van der Waals surface area contributed by atoms with Crippen molar-refractivity contribution in [2.24, 2.45) is 0 Å². The third kappa shape index (κ3) is 3.65. The van der Waals surface area contributed by atoms with Crippen LogP contribution in [0.1, 0.15) is 40.4 Å². The number of carbonyl (C=O) groups is 2. The van der Waals surface area contributed by atoms with Gasteiger partial charge in [0.1, 0.15) is 0 Å². The molecule has 2 aromatic carbocycles. The lowest BCUT2D eigenvalue weighted by Crippen LogP contribution is -2.34. The molecule has 25 heavy (non-hydrogen) atoms. The van der Waals surface area contributed by atoms with Gasteiger partial charge in [0.15, 0.2) is 0 Å². The van der Waals surface area contributed by atoms with Gasteiger partial charge in [-0.3, -0.25) is 0 Å². The Labute approximate surface area is 147 Å². The Balaban J connectivity index is 1.72. The molecule has 130 valence electrons. The molecule has 2 aromatic rings. The fourth-order valence-electron chi connectivity index (χ4n) is 3.30. The lowest BCUT2D eigenvalue weighted by molar-refractivity contribution is 0.0600. The summed E-state index contributed by atoms with van der Waals surface area (Å²) in [6.45, 7) is 2.82. The zero-order chi connectivity index (χ0) is 17.8. The van der Waals surface area contributed by atoms with E-state index < -0.39 is 5.97 Å². The maximum atomic E-state index is 12.7. The van der Waals surface area contributed by atoms with Crippen LogP contribution in [0.25, 0.3) is 0 Å². The number of carbonyl (C=O) groups excluding carboxylic acids is 2. The molecule has 1 fully saturated rings. The van der Waals surface area contributed by atoms with Crippen LogP contribution in [0.2, 0.25) is 0 Å². The molecule has 5 nitrogen and oxygen atoms in total. The summed E-state index contributed by atoms with van der Waals surface area (Å²) in [5.41, 5.74) is 3.53. The summed E-state index contributed by atoms with van der Waals surface area (Å²) in [5, 5.41) is 2.92. The molecule has 1 heterocycles. The van der Waals surface area contributed by atoms with Gasteiger partial charge in [-0.05, 0) is 55.2 Å². The molecule has 0 bridgehead atoms. The van der Waals surface area contributed by atoms with Crippen LogP contribution in [0.5, 0.6) is 0 Å². The minimum absolute atomic E-state index is 0.107. The largest absolute Gasteiger partial charge is 0.465 e. The number of hydrogen-bond acceptors (Lipinski definition) is 3. The van der Waals surface area contributed by atoms with Crippen LogP contribution in [0.4, 0.5) is 10.5 Å². The van der Waals surface area contributed by atoms with Crippen LogP contribution in [-0.2, 0) is 4.74 Å². The van der Waals surface area contributed by atoms with Gasteiger partial charge in [0.05, 0.1) is 18.7 Å². The van der Waals surface area contributed by atoms with E-state index in [0.717, 1.165) is 19.4 Å². The summed E-state index contributed by atoms with van der Waals surface area (Å²) in [7, 11) is 1.34. The van der Waals surface area contributed by atoms with Gasteiger partial charge < -0.3 is 15.0 Å². The molecule has 1 atom stereocenters. The van der Waals surface area contributed by atoms with Gasteiger partial charge >= 0.3 is 12.0 Å². The monoisotopic (exact) mass is 338 g/mol. The Morgan fingerprint density at radius 3 is 2.52 bits per heavy atom. The number of nitrogens with one attached hydrogen (secondary N) is 1. The van der Waals surface area contributed by atoms with Gasteiger partial charge in [0.25, 0.3) is 0 Å². The molecule has 1 aliphatic heterocycles. The van der Waals surface area contributed by atoms with Crippen LogP contribution in [0.15, 0.2) is 48.5 Å². The standard InChI is InChI=1S/C20H22N2O3/c1-14-6-3-4-7-17(14)18-8-5-13-22(18)20(24)21-16-11-9-15(10-12-16)19(23)25-2/h3-4,6-7,9-12,18H,5,8,13H2,1-2H3,(H,21,24)/t18-/m1/s1. The van der Waals surface area contributed by atoms with Crippen molar-refractivity contribution in [1.29, 1.82) is 0 Å². The number of rotatable bonds is 3. The number of urea groups is 1. The normalized spacial score (nSPS) is 16.6. The molecule has 2 amide bonds. The number of esters is 1. The highest BCUT2D eigenvalue weighted by Gasteiger charge is 2.30. The van der Waals surface area contributed by atoms with E-state index in [-0.39, 0.29) is 12.1 Å². The number of methoxy groups -OCH3 is 1. The van der Waals surface area contributed by atoms with Crippen LogP contribution in [0, 0.1) is 6.92 Å². The van der Waals surface area contributed by atoms with Gasteiger partial charge in [-0.2, -0.15) is 0 Å². The topological polar surface area (TPSA) is 58.6 Å². The van der Waals surface area contributed by atoms with Crippen molar-refractivity contribution in [3.05, 3.63) is 65.2 Å². The number of nitrogens with zero attached hydrogens (tertiary/aromatic N) is 1. The number of ether oxygens (including phenoxy) is 1. The summed E-state index contributed by atoms with van der Waals surface area (Å²) in [6, 6.07) is 14.9. The van der Waals surface area contributed by atoms with E-state index >= 15 is 0 Å². The molecule has 0 aromatic heterocycles. The predicted molar refractivity (Wildman–Crippen MR) is 96.7 cm³/mol. The maximum Gasteiger partial charge on any atom is 0.337 e. The Kier molecular flexibility index (Phi) is 5.03. The van der Waals surface area contributed by atoms with Crippen LogP contribution in [-0.4, -0.2) is 30.6 Å². The van der Waals surface area contributed by atoms with E-state index in [4.69, 9.17) is 0 Å². The Morgan fingerprint density at radius 1 is 1.12 bits per heavy atom. The molecule has 0 aliphatic carbocycles. The van der Waals surface area contributed by atoms with Crippen molar-refractivity contribution < 1.29 is 14.3 Å². The second-order valence-electron chi connectivity index (χ2n) is 6.21. The summed E-state index contributed by atoms with van der Waals surface area (Å²) in [4.78, 5) is 26.1. The van der Waals surface area contributed by atoms with Gasteiger partial charge in [0.2, 0.25) is 0 Å². The Hall–Kier alpha value is -2.82. The minimum Gasteiger partial charge on any atom is -0.465 e. The third-order valence-corrected chi connectivity index (χ3v) is 4.62. The van der Waals surface area contributed by atoms with Crippen LogP contribution in [0.3, 0.4) is 0 Å². The Morgan fingerprint density at radius 2 is 1.84 bits per heavy atom. The average molecular weight is 338 g/mol. The van der Waals surface area contributed by atoms with Crippen molar-refractivity contribution in [1.82, 2.24) is 4.90 Å². The first kappa shape index (κ1) is 17.0. The highest BCUT2D eigenvalue weighted by atomic mass is 16.5. The van der Waals surface area contributed by atoms with Crippen molar-refractivity contribution in [2.75, 3.05) is 19.0 Å².